The topological polar surface area (TPSA) is 69.0 Å². The summed E-state index contributed by atoms with van der Waals surface area (Å²) in [5.74, 6) is 0.520. The molecule has 2 aromatic heterocycles. The van der Waals surface area contributed by atoms with E-state index in [2.05, 4.69) is 10.3 Å². The Bertz CT molecular complexity index is 1120. The molecule has 146 valence electrons. The largest absolute Gasteiger partial charge is 0.497 e. The Morgan fingerprint density at radius 1 is 1.14 bits per heavy atom. The standard InChI is InChI=1S/C22H20N4O2S/c1-15-12-23-22(29-15)24-21(27)19-14-26(13-16-6-4-3-5-7-16)25-20(19)17-8-10-18(28-2)11-9-17/h3-12,14H,13H2,1-2H3,(H,23,24,27). The highest BCUT2D eigenvalue weighted by Gasteiger charge is 2.19. The fourth-order valence-corrected chi connectivity index (χ4v) is 3.64. The van der Waals surface area contributed by atoms with Crippen molar-refractivity contribution < 1.29 is 9.53 Å². The predicted molar refractivity (Wildman–Crippen MR) is 115 cm³/mol. The van der Waals surface area contributed by atoms with E-state index in [0.29, 0.717) is 22.9 Å². The Labute approximate surface area is 172 Å². The van der Waals surface area contributed by atoms with Crippen molar-refractivity contribution in [3.8, 4) is 17.0 Å². The number of amides is 1. The number of thiazole rings is 1. The molecule has 0 aliphatic rings. The third kappa shape index (κ3) is 4.35. The van der Waals surface area contributed by atoms with Gasteiger partial charge < -0.3 is 4.74 Å². The van der Waals surface area contributed by atoms with Gasteiger partial charge in [-0.05, 0) is 36.8 Å². The smallest absolute Gasteiger partial charge is 0.261 e. The summed E-state index contributed by atoms with van der Waals surface area (Å²) in [5.41, 5.74) is 3.07. The number of carbonyl (C=O) groups is 1. The average molecular weight is 404 g/mol. The van der Waals surface area contributed by atoms with E-state index in [-0.39, 0.29) is 5.91 Å². The summed E-state index contributed by atoms with van der Waals surface area (Å²) in [6, 6.07) is 17.5. The zero-order valence-electron chi connectivity index (χ0n) is 16.1. The number of anilines is 1. The lowest BCUT2D eigenvalue weighted by molar-refractivity contribution is 0.102. The van der Waals surface area contributed by atoms with Gasteiger partial charge in [0.2, 0.25) is 0 Å². The Morgan fingerprint density at radius 3 is 2.55 bits per heavy atom. The van der Waals surface area contributed by atoms with Crippen molar-refractivity contribution in [3.63, 3.8) is 0 Å². The van der Waals surface area contributed by atoms with Gasteiger partial charge in [0.25, 0.3) is 5.91 Å². The first-order chi connectivity index (χ1) is 14.1. The second-order valence-electron chi connectivity index (χ2n) is 6.53. The normalized spacial score (nSPS) is 10.7. The molecule has 0 saturated carbocycles. The van der Waals surface area contributed by atoms with Crippen molar-refractivity contribution in [2.45, 2.75) is 13.5 Å². The number of hydrogen-bond donors (Lipinski definition) is 1. The minimum atomic E-state index is -0.232. The quantitative estimate of drug-likeness (QED) is 0.509. The Kier molecular flexibility index (Phi) is 5.39. The number of methoxy groups -OCH3 is 1. The molecule has 4 rings (SSSR count). The lowest BCUT2D eigenvalue weighted by atomic mass is 10.1. The van der Waals surface area contributed by atoms with Gasteiger partial charge in [-0.2, -0.15) is 5.10 Å². The molecule has 4 aromatic rings. The Balaban J connectivity index is 1.69. The minimum Gasteiger partial charge on any atom is -0.497 e. The zero-order chi connectivity index (χ0) is 20.2. The molecule has 0 radical (unpaired) electrons. The van der Waals surface area contributed by atoms with E-state index in [0.717, 1.165) is 21.8 Å². The summed E-state index contributed by atoms with van der Waals surface area (Å²) < 4.78 is 7.03. The Morgan fingerprint density at radius 2 is 1.90 bits per heavy atom. The van der Waals surface area contributed by atoms with Gasteiger partial charge >= 0.3 is 0 Å². The van der Waals surface area contributed by atoms with E-state index >= 15 is 0 Å². The van der Waals surface area contributed by atoms with Crippen LogP contribution in [0.1, 0.15) is 20.8 Å². The van der Waals surface area contributed by atoms with Crippen LogP contribution in [-0.4, -0.2) is 27.8 Å². The molecule has 0 atom stereocenters. The molecule has 0 aliphatic carbocycles. The van der Waals surface area contributed by atoms with Crippen LogP contribution < -0.4 is 10.1 Å². The van der Waals surface area contributed by atoms with Crippen LogP contribution in [0.3, 0.4) is 0 Å². The molecule has 1 amide bonds. The van der Waals surface area contributed by atoms with Crippen molar-refractivity contribution in [2.75, 3.05) is 12.4 Å². The van der Waals surface area contributed by atoms with Crippen LogP contribution in [0.15, 0.2) is 67.0 Å². The van der Waals surface area contributed by atoms with Gasteiger partial charge in [0.1, 0.15) is 11.4 Å². The average Bonchev–Trinajstić information content (AvgIpc) is 3.35. The highest BCUT2D eigenvalue weighted by Crippen LogP contribution is 2.26. The van der Waals surface area contributed by atoms with Crippen LogP contribution in [-0.2, 0) is 6.54 Å². The van der Waals surface area contributed by atoms with E-state index in [4.69, 9.17) is 9.84 Å². The molecule has 0 bridgehead atoms. The van der Waals surface area contributed by atoms with Crippen LogP contribution >= 0.6 is 11.3 Å². The van der Waals surface area contributed by atoms with Crippen LogP contribution in [0.4, 0.5) is 5.13 Å². The van der Waals surface area contributed by atoms with Gasteiger partial charge in [0.05, 0.1) is 19.2 Å². The van der Waals surface area contributed by atoms with E-state index in [1.165, 1.54) is 11.3 Å². The fourth-order valence-electron chi connectivity index (χ4n) is 2.98. The van der Waals surface area contributed by atoms with Crippen molar-refractivity contribution in [3.05, 3.63) is 83.0 Å². The summed E-state index contributed by atoms with van der Waals surface area (Å²) >= 11 is 1.44. The monoisotopic (exact) mass is 404 g/mol. The first kappa shape index (κ1) is 18.9. The van der Waals surface area contributed by atoms with Crippen LogP contribution in [0.25, 0.3) is 11.3 Å². The second-order valence-corrected chi connectivity index (χ2v) is 7.77. The first-order valence-electron chi connectivity index (χ1n) is 9.12. The van der Waals surface area contributed by atoms with Gasteiger partial charge in [-0.15, -0.1) is 11.3 Å². The minimum absolute atomic E-state index is 0.232. The zero-order valence-corrected chi connectivity index (χ0v) is 16.9. The number of nitrogens with one attached hydrogen (secondary N) is 1. The second kappa shape index (κ2) is 8.28. The predicted octanol–water partition coefficient (Wildman–Crippen LogP) is 4.62. The van der Waals surface area contributed by atoms with Crippen molar-refractivity contribution in [1.29, 1.82) is 0 Å². The molecular formula is C22H20N4O2S. The third-order valence-corrected chi connectivity index (χ3v) is 5.23. The molecule has 0 aliphatic heterocycles. The third-order valence-electron chi connectivity index (χ3n) is 4.40. The molecular weight excluding hydrogens is 384 g/mol. The lowest BCUT2D eigenvalue weighted by Gasteiger charge is -2.04. The van der Waals surface area contributed by atoms with Gasteiger partial charge in [-0.25, -0.2) is 4.98 Å². The van der Waals surface area contributed by atoms with E-state index < -0.39 is 0 Å². The van der Waals surface area contributed by atoms with Gasteiger partial charge in [-0.3, -0.25) is 14.8 Å². The number of aromatic nitrogens is 3. The van der Waals surface area contributed by atoms with Crippen molar-refractivity contribution in [2.24, 2.45) is 0 Å². The molecule has 2 heterocycles. The molecule has 0 fully saturated rings. The number of hydrogen-bond acceptors (Lipinski definition) is 5. The maximum atomic E-state index is 13.0. The highest BCUT2D eigenvalue weighted by atomic mass is 32.1. The number of carbonyl (C=O) groups excluding carboxylic acids is 1. The molecule has 6 nitrogen and oxygen atoms in total. The summed E-state index contributed by atoms with van der Waals surface area (Å²) in [4.78, 5) is 18.2. The number of nitrogens with zero attached hydrogens (tertiary/aromatic N) is 3. The molecule has 1 N–H and O–H groups in total. The molecule has 7 heteroatoms. The number of benzene rings is 2. The lowest BCUT2D eigenvalue weighted by Crippen LogP contribution is -2.12. The van der Waals surface area contributed by atoms with E-state index in [1.807, 2.05) is 61.5 Å². The summed E-state index contributed by atoms with van der Waals surface area (Å²) in [6.45, 7) is 2.53. The van der Waals surface area contributed by atoms with Gasteiger partial charge in [0, 0.05) is 22.8 Å². The van der Waals surface area contributed by atoms with Crippen molar-refractivity contribution >= 4 is 22.4 Å². The molecule has 29 heavy (non-hydrogen) atoms. The van der Waals surface area contributed by atoms with E-state index in [1.54, 1.807) is 24.2 Å². The highest BCUT2D eigenvalue weighted by molar-refractivity contribution is 7.15. The SMILES string of the molecule is COc1ccc(-c2nn(Cc3ccccc3)cc2C(=O)Nc2ncc(C)s2)cc1. The van der Waals surface area contributed by atoms with Crippen molar-refractivity contribution in [1.82, 2.24) is 14.8 Å². The fraction of sp³-hybridized carbons (Fsp3) is 0.136. The molecule has 0 unspecified atom stereocenters. The van der Waals surface area contributed by atoms with Crippen LogP contribution in [0.2, 0.25) is 0 Å². The first-order valence-corrected chi connectivity index (χ1v) is 9.93. The number of aryl methyl sites for hydroxylation is 1. The summed E-state index contributed by atoms with van der Waals surface area (Å²) in [5, 5.41) is 8.15. The van der Waals surface area contributed by atoms with Gasteiger partial charge in [-0.1, -0.05) is 30.3 Å². The van der Waals surface area contributed by atoms with Gasteiger partial charge in [0.15, 0.2) is 5.13 Å². The molecule has 0 saturated heterocycles. The maximum absolute atomic E-state index is 13.0. The Hall–Kier alpha value is -3.45. The summed E-state index contributed by atoms with van der Waals surface area (Å²) in [7, 11) is 1.62. The number of ether oxygens (including phenoxy) is 1. The van der Waals surface area contributed by atoms with Crippen LogP contribution in [0, 0.1) is 6.92 Å². The molecule has 2 aromatic carbocycles. The number of rotatable bonds is 6. The maximum Gasteiger partial charge on any atom is 0.261 e. The van der Waals surface area contributed by atoms with E-state index in [9.17, 15) is 4.79 Å². The molecule has 0 spiro atoms. The summed E-state index contributed by atoms with van der Waals surface area (Å²) in [6.07, 6.45) is 3.52. The van der Waals surface area contributed by atoms with Crippen LogP contribution in [0.5, 0.6) is 5.75 Å².